The molecule has 6 nitrogen and oxygen atoms in total. The van der Waals surface area contributed by atoms with Crippen LogP contribution >= 0.6 is 0 Å². The first-order valence-electron chi connectivity index (χ1n) is 6.74. The number of nitrogens with zero attached hydrogens (tertiary/aromatic N) is 2. The number of ether oxygens (including phenoxy) is 1. The lowest BCUT2D eigenvalue weighted by Gasteiger charge is -2.13. The zero-order chi connectivity index (χ0) is 15.4. The van der Waals surface area contributed by atoms with Crippen LogP contribution in [0.15, 0.2) is 24.7 Å². The number of amides is 1. The monoisotopic (exact) mass is 288 g/mol. The van der Waals surface area contributed by atoms with E-state index in [-0.39, 0.29) is 5.91 Å². The molecule has 1 aromatic heterocycles. The zero-order valence-corrected chi connectivity index (χ0v) is 12.5. The maximum Gasteiger partial charge on any atom is 0.275 e. The Labute approximate surface area is 123 Å². The third-order valence-corrected chi connectivity index (χ3v) is 3.31. The van der Waals surface area contributed by atoms with Crippen molar-refractivity contribution in [3.8, 4) is 5.75 Å². The predicted molar refractivity (Wildman–Crippen MR) is 81.7 cm³/mol. The van der Waals surface area contributed by atoms with Gasteiger partial charge in [-0.25, -0.2) is 4.98 Å². The summed E-state index contributed by atoms with van der Waals surface area (Å²) in [6.45, 7) is 5.02. The molecule has 0 radical (unpaired) electrons. The summed E-state index contributed by atoms with van der Waals surface area (Å²) < 4.78 is 7.14. The van der Waals surface area contributed by atoms with Crippen LogP contribution in [0.1, 0.15) is 21.6 Å². The summed E-state index contributed by atoms with van der Waals surface area (Å²) in [5.41, 5.74) is 8.48. The Morgan fingerprint density at radius 2 is 2.19 bits per heavy atom. The molecule has 0 saturated carbocycles. The highest BCUT2D eigenvalue weighted by molar-refractivity contribution is 6.03. The smallest absolute Gasteiger partial charge is 0.275 e. The average Bonchev–Trinajstić information content (AvgIpc) is 2.92. The van der Waals surface area contributed by atoms with Crippen molar-refractivity contribution in [3.63, 3.8) is 0 Å². The number of hydrogen-bond acceptors (Lipinski definition) is 4. The van der Waals surface area contributed by atoms with Gasteiger partial charge >= 0.3 is 0 Å². The van der Waals surface area contributed by atoms with Crippen LogP contribution < -0.4 is 15.8 Å². The number of carbonyl (C=O) groups is 1. The largest absolute Gasteiger partial charge is 0.496 e. The van der Waals surface area contributed by atoms with Crippen molar-refractivity contribution in [1.29, 1.82) is 0 Å². The Kier molecular flexibility index (Phi) is 4.59. The van der Waals surface area contributed by atoms with E-state index < -0.39 is 0 Å². The molecule has 1 aromatic carbocycles. The van der Waals surface area contributed by atoms with E-state index in [4.69, 9.17) is 10.5 Å². The van der Waals surface area contributed by atoms with Crippen molar-refractivity contribution in [2.24, 2.45) is 5.73 Å². The summed E-state index contributed by atoms with van der Waals surface area (Å²) in [6, 6.07) is 3.77. The molecule has 2 rings (SSSR count). The highest BCUT2D eigenvalue weighted by atomic mass is 16.5. The van der Waals surface area contributed by atoms with E-state index in [1.54, 1.807) is 24.2 Å². The molecule has 0 spiro atoms. The molecule has 1 amide bonds. The minimum atomic E-state index is -0.250. The maximum atomic E-state index is 12.2. The quantitative estimate of drug-likeness (QED) is 0.877. The zero-order valence-electron chi connectivity index (χ0n) is 12.5. The molecular weight excluding hydrogens is 268 g/mol. The summed E-state index contributed by atoms with van der Waals surface area (Å²) in [5, 5.41) is 2.86. The number of benzene rings is 1. The Bertz CT molecular complexity index is 649. The van der Waals surface area contributed by atoms with E-state index in [1.165, 1.54) is 0 Å². The van der Waals surface area contributed by atoms with Crippen molar-refractivity contribution < 1.29 is 9.53 Å². The van der Waals surface area contributed by atoms with Gasteiger partial charge in [0.25, 0.3) is 5.91 Å². The van der Waals surface area contributed by atoms with E-state index in [0.717, 1.165) is 22.6 Å². The predicted octanol–water partition coefficient (Wildman–Crippen LogP) is 1.72. The number of nitrogens with one attached hydrogen (secondary N) is 1. The molecule has 6 heteroatoms. The van der Waals surface area contributed by atoms with E-state index in [1.807, 2.05) is 26.0 Å². The van der Waals surface area contributed by atoms with Gasteiger partial charge in [-0.3, -0.25) is 4.79 Å². The fraction of sp³-hybridized carbons (Fsp3) is 0.333. The minimum Gasteiger partial charge on any atom is -0.496 e. The minimum absolute atomic E-state index is 0.250. The second-order valence-corrected chi connectivity index (χ2v) is 4.83. The molecule has 0 atom stereocenters. The van der Waals surface area contributed by atoms with E-state index in [0.29, 0.717) is 18.8 Å². The van der Waals surface area contributed by atoms with Crippen molar-refractivity contribution in [3.05, 3.63) is 41.5 Å². The number of anilines is 1. The molecule has 112 valence electrons. The number of aryl methyl sites for hydroxylation is 1. The molecule has 0 saturated heterocycles. The number of aromatic nitrogens is 2. The van der Waals surface area contributed by atoms with Gasteiger partial charge in [0, 0.05) is 30.5 Å². The number of hydrogen-bond donors (Lipinski definition) is 2. The molecule has 0 fully saturated rings. The Morgan fingerprint density at radius 1 is 1.43 bits per heavy atom. The molecule has 21 heavy (non-hydrogen) atoms. The van der Waals surface area contributed by atoms with Gasteiger partial charge in [-0.2, -0.15) is 0 Å². The highest BCUT2D eigenvalue weighted by Gasteiger charge is 2.13. The lowest BCUT2D eigenvalue weighted by atomic mass is 10.1. The topological polar surface area (TPSA) is 82.2 Å². The SMILES string of the molecule is COc1c(C)ccc(NC(=O)c2cn(CCN)cn2)c1C. The molecule has 0 aliphatic heterocycles. The molecule has 0 unspecified atom stereocenters. The van der Waals surface area contributed by atoms with Crippen LogP contribution in [0.4, 0.5) is 5.69 Å². The summed E-state index contributed by atoms with van der Waals surface area (Å²) >= 11 is 0. The van der Waals surface area contributed by atoms with Gasteiger partial charge in [-0.05, 0) is 25.5 Å². The van der Waals surface area contributed by atoms with Crippen molar-refractivity contribution >= 4 is 11.6 Å². The van der Waals surface area contributed by atoms with Crippen LogP contribution in [0.5, 0.6) is 5.75 Å². The van der Waals surface area contributed by atoms with Crippen molar-refractivity contribution in [2.75, 3.05) is 19.0 Å². The van der Waals surface area contributed by atoms with E-state index in [9.17, 15) is 4.79 Å². The van der Waals surface area contributed by atoms with E-state index >= 15 is 0 Å². The first-order valence-corrected chi connectivity index (χ1v) is 6.74. The fourth-order valence-corrected chi connectivity index (χ4v) is 2.21. The second-order valence-electron chi connectivity index (χ2n) is 4.83. The summed E-state index contributed by atoms with van der Waals surface area (Å²) in [7, 11) is 1.62. The number of methoxy groups -OCH3 is 1. The average molecular weight is 288 g/mol. The van der Waals surface area contributed by atoms with Gasteiger partial charge in [0.05, 0.1) is 13.4 Å². The Balaban J connectivity index is 2.19. The lowest BCUT2D eigenvalue weighted by Crippen LogP contribution is -2.14. The molecule has 0 aliphatic rings. The highest BCUT2D eigenvalue weighted by Crippen LogP contribution is 2.29. The van der Waals surface area contributed by atoms with Gasteiger partial charge in [-0.15, -0.1) is 0 Å². The third-order valence-electron chi connectivity index (χ3n) is 3.31. The van der Waals surface area contributed by atoms with Crippen LogP contribution in [-0.2, 0) is 6.54 Å². The third kappa shape index (κ3) is 3.22. The number of rotatable bonds is 5. The van der Waals surface area contributed by atoms with Gasteiger partial charge in [0.15, 0.2) is 0 Å². The lowest BCUT2D eigenvalue weighted by molar-refractivity contribution is 0.102. The standard InChI is InChI=1S/C15H20N4O2/c1-10-4-5-12(11(2)14(10)21-3)18-15(20)13-8-19(7-6-16)9-17-13/h4-5,8-9H,6-7,16H2,1-3H3,(H,18,20). The molecule has 2 aromatic rings. The molecular formula is C15H20N4O2. The second kappa shape index (κ2) is 6.41. The van der Waals surface area contributed by atoms with Crippen LogP contribution in [0.25, 0.3) is 0 Å². The Hall–Kier alpha value is -2.34. The number of imidazole rings is 1. The van der Waals surface area contributed by atoms with Crippen LogP contribution in [-0.4, -0.2) is 29.1 Å². The summed E-state index contributed by atoms with van der Waals surface area (Å²) in [6.07, 6.45) is 3.29. The number of nitrogens with two attached hydrogens (primary N) is 1. The summed E-state index contributed by atoms with van der Waals surface area (Å²) in [5.74, 6) is 0.529. The van der Waals surface area contributed by atoms with Crippen molar-refractivity contribution in [2.45, 2.75) is 20.4 Å². The molecule has 1 heterocycles. The maximum absolute atomic E-state index is 12.2. The van der Waals surface area contributed by atoms with Crippen LogP contribution in [0, 0.1) is 13.8 Å². The van der Waals surface area contributed by atoms with Crippen LogP contribution in [0.2, 0.25) is 0 Å². The van der Waals surface area contributed by atoms with Gasteiger partial charge in [0.1, 0.15) is 11.4 Å². The first-order chi connectivity index (χ1) is 10.1. The molecule has 3 N–H and O–H groups in total. The first kappa shape index (κ1) is 15.1. The van der Waals surface area contributed by atoms with Crippen LogP contribution in [0.3, 0.4) is 0 Å². The van der Waals surface area contributed by atoms with Gasteiger partial charge in [0.2, 0.25) is 0 Å². The fourth-order valence-electron chi connectivity index (χ4n) is 2.21. The molecule has 0 aliphatic carbocycles. The molecule has 0 bridgehead atoms. The van der Waals surface area contributed by atoms with Gasteiger partial charge in [-0.1, -0.05) is 6.07 Å². The van der Waals surface area contributed by atoms with Gasteiger partial charge < -0.3 is 20.4 Å². The van der Waals surface area contributed by atoms with E-state index in [2.05, 4.69) is 10.3 Å². The number of carbonyl (C=O) groups excluding carboxylic acids is 1. The normalized spacial score (nSPS) is 10.5. The Morgan fingerprint density at radius 3 is 2.86 bits per heavy atom. The van der Waals surface area contributed by atoms with Crippen molar-refractivity contribution in [1.82, 2.24) is 9.55 Å². The summed E-state index contributed by atoms with van der Waals surface area (Å²) in [4.78, 5) is 16.3.